The van der Waals surface area contributed by atoms with Crippen molar-refractivity contribution in [2.24, 2.45) is 0 Å². The van der Waals surface area contributed by atoms with Gasteiger partial charge < -0.3 is 0 Å². The summed E-state index contributed by atoms with van der Waals surface area (Å²) in [6.45, 7) is 0. The van der Waals surface area contributed by atoms with E-state index < -0.39 is 195 Å². The zero-order valence-corrected chi connectivity index (χ0v) is 34.8. The fourth-order valence-electron chi connectivity index (χ4n) is 7.09. The zero-order chi connectivity index (χ0) is 53.7. The summed E-state index contributed by atoms with van der Waals surface area (Å²) in [6, 6.07) is -1.27. The minimum atomic E-state index is -6.13. The van der Waals surface area contributed by atoms with Crippen LogP contribution in [0.25, 0.3) is 0 Å². The van der Waals surface area contributed by atoms with Gasteiger partial charge in [-0.15, -0.1) is 12.6 Å². The molecule has 0 bridgehead atoms. The first kappa shape index (κ1) is 55.6. The molecule has 0 unspecified atom stereocenters. The molecule has 0 saturated carbocycles. The van der Waals surface area contributed by atoms with Crippen molar-refractivity contribution in [2.45, 2.75) is 54.3 Å². The van der Waals surface area contributed by atoms with E-state index >= 15 is 0 Å². The molecule has 0 spiro atoms. The summed E-state index contributed by atoms with van der Waals surface area (Å²) < 4.78 is 342. The number of rotatable bonds is 6. The molecular weight excluding hydrogens is 1050 g/mol. The van der Waals surface area contributed by atoms with Gasteiger partial charge in [0.25, 0.3) is 0 Å². The molecule has 0 atom stereocenters. The van der Waals surface area contributed by atoms with Crippen LogP contribution in [0.15, 0.2) is 127 Å². The average molecular weight is 1070 g/mol. The smallest absolute Gasteiger partial charge is 0.252 e. The summed E-state index contributed by atoms with van der Waals surface area (Å²) in [5.41, 5.74) is -30.2. The van der Waals surface area contributed by atoms with E-state index in [9.17, 15) is 105 Å². The van der Waals surface area contributed by atoms with Crippen molar-refractivity contribution < 1.29 is 115 Å². The molecule has 5 aromatic carbocycles. The Balaban J connectivity index is 0.000000569. The predicted molar refractivity (Wildman–Crippen MR) is 204 cm³/mol. The van der Waals surface area contributed by atoms with Gasteiger partial charge in [0, 0.05) is 4.73 Å². The van der Waals surface area contributed by atoms with Crippen molar-refractivity contribution in [3.05, 3.63) is 166 Å². The van der Waals surface area contributed by atoms with Gasteiger partial charge in [0.05, 0.1) is 61.8 Å². The highest BCUT2D eigenvalue weighted by atomic mass is 32.1. The summed E-state index contributed by atoms with van der Waals surface area (Å²) >= 11 is 4.27. The highest BCUT2D eigenvalue weighted by molar-refractivity contribution is 7.80. The fourth-order valence-corrected chi connectivity index (χ4v) is 7.29. The highest BCUT2D eigenvalue weighted by Gasteiger charge is 2.47. The number of alkyl halides is 24. The fraction of sp³-hybridized carbons (Fsp3) is 0.190. The summed E-state index contributed by atoms with van der Waals surface area (Å²) in [5.74, 6) is 0.715. The van der Waals surface area contributed by atoms with Gasteiger partial charge in [0.2, 0.25) is 18.1 Å². The zero-order valence-electron chi connectivity index (χ0n) is 33.9. The first-order valence-corrected chi connectivity index (χ1v) is 19.2. The van der Waals surface area contributed by atoms with Crippen LogP contribution in [-0.4, -0.2) is 11.1 Å². The molecule has 6 aromatic rings. The van der Waals surface area contributed by atoms with E-state index in [2.05, 4.69) is 17.6 Å². The van der Waals surface area contributed by atoms with Gasteiger partial charge in [0.1, 0.15) is 6.15 Å². The van der Waals surface area contributed by atoms with Crippen molar-refractivity contribution in [1.82, 2.24) is 4.98 Å². The van der Waals surface area contributed by atoms with E-state index in [1.54, 1.807) is 29.5 Å². The SMILES string of the molecule is FC(F)(F)c1cc([B-](c2cc(C(F)(F)F)cc(C(F)(F)F)c2)(c2cc(C(F)(F)F)cc(C(F)(F)F)c2)c2cc(C(F)(F)F)cc(C(F)(F)F)c2)cc(C(F)(F)F)c1.Sc1ccccc1O[n+]1ccncc1. The Morgan fingerprint density at radius 2 is 0.577 bits per heavy atom. The molecule has 1 aromatic heterocycles. The lowest BCUT2D eigenvalue weighted by atomic mass is 9.12. The molecule has 0 amide bonds. The van der Waals surface area contributed by atoms with Crippen LogP contribution in [0, 0.1) is 0 Å². The Bertz CT molecular complexity index is 2430. The summed E-state index contributed by atoms with van der Waals surface area (Å²) in [6.07, 6.45) is -48.1. The highest BCUT2D eigenvalue weighted by Crippen LogP contribution is 2.41. The summed E-state index contributed by atoms with van der Waals surface area (Å²) in [7, 11) is 0. The molecule has 0 saturated heterocycles. The Kier molecular flexibility index (Phi) is 14.9. The first-order chi connectivity index (χ1) is 32.1. The van der Waals surface area contributed by atoms with Gasteiger partial charge >= 0.3 is 49.4 Å². The maximum atomic E-state index is 14.2. The molecule has 0 N–H and O–H groups in total. The van der Waals surface area contributed by atoms with Crippen molar-refractivity contribution in [3.8, 4) is 5.75 Å². The Labute approximate surface area is 386 Å². The molecule has 3 nitrogen and oxygen atoms in total. The van der Waals surface area contributed by atoms with Crippen LogP contribution in [-0.2, 0) is 49.4 Å². The number of aromatic nitrogens is 2. The second-order valence-electron chi connectivity index (χ2n) is 14.9. The van der Waals surface area contributed by atoms with E-state index in [0.717, 1.165) is 4.90 Å². The number of para-hydroxylation sites is 1. The molecule has 0 aliphatic rings. The quantitative estimate of drug-likeness (QED) is 0.0779. The molecule has 0 radical (unpaired) electrons. The van der Waals surface area contributed by atoms with Crippen molar-refractivity contribution in [3.63, 3.8) is 0 Å². The standard InChI is InChI=1S/C32H12BF24.C10H8N2OS/c34-25(35,36)13-1-14(26(37,38)39)6-21(5-13)33(22-7-15(27(40,41)42)2-16(8-22)28(43,44)45,23-9-17(29(46,47)48)3-18(10-23)30(49,50)51)24-11-19(31(52,53)54)4-20(12-24)32(55,56)57;14-10-4-2-1-3-9(10)13-12-7-5-11-6-8-12/h1-12H;1-8H/q-1;/p+1. The second kappa shape index (κ2) is 19.0. The number of thiol groups is 1. The average Bonchev–Trinajstić information content (AvgIpc) is 3.22. The molecule has 382 valence electrons. The normalized spacial score (nSPS) is 13.4. The van der Waals surface area contributed by atoms with Gasteiger partial charge in [-0.2, -0.15) is 127 Å². The second-order valence-corrected chi connectivity index (χ2v) is 15.4. The molecule has 0 aliphatic heterocycles. The molecule has 6 rings (SSSR count). The van der Waals surface area contributed by atoms with Crippen molar-refractivity contribution in [2.75, 3.05) is 0 Å². The van der Waals surface area contributed by atoms with E-state index in [1.807, 2.05) is 24.3 Å². The van der Waals surface area contributed by atoms with E-state index in [1.165, 1.54) is 0 Å². The number of hydrogen-bond acceptors (Lipinski definition) is 3. The van der Waals surface area contributed by atoms with Crippen LogP contribution in [0.1, 0.15) is 44.5 Å². The number of nitrogens with zero attached hydrogens (tertiary/aromatic N) is 2. The topological polar surface area (TPSA) is 26.0 Å². The van der Waals surface area contributed by atoms with Crippen molar-refractivity contribution in [1.29, 1.82) is 0 Å². The van der Waals surface area contributed by atoms with Crippen LogP contribution >= 0.6 is 12.6 Å². The molecule has 0 aliphatic carbocycles. The van der Waals surface area contributed by atoms with E-state index in [0.29, 0.717) is 5.75 Å². The van der Waals surface area contributed by atoms with E-state index in [-0.39, 0.29) is 0 Å². The van der Waals surface area contributed by atoms with Gasteiger partial charge in [-0.05, 0) is 36.4 Å². The van der Waals surface area contributed by atoms with Gasteiger partial charge in [-0.25, -0.2) is 4.84 Å². The minimum Gasteiger partial charge on any atom is -0.252 e. The monoisotopic (exact) mass is 1070 g/mol. The number of halogens is 24. The molecule has 29 heteroatoms. The van der Waals surface area contributed by atoms with Crippen LogP contribution in [0.5, 0.6) is 5.75 Å². The van der Waals surface area contributed by atoms with Crippen LogP contribution in [0.3, 0.4) is 0 Å². The first-order valence-electron chi connectivity index (χ1n) is 18.8. The maximum Gasteiger partial charge on any atom is 0.416 e. The van der Waals surface area contributed by atoms with Crippen molar-refractivity contribution >= 4 is 40.6 Å². The van der Waals surface area contributed by atoms with Crippen LogP contribution in [0.2, 0.25) is 0 Å². The third-order valence-electron chi connectivity index (χ3n) is 10.1. The molecule has 71 heavy (non-hydrogen) atoms. The summed E-state index contributed by atoms with van der Waals surface area (Å²) in [5, 5.41) is 0. The van der Waals surface area contributed by atoms with Gasteiger partial charge in [-0.1, -0.05) is 60.7 Å². The Morgan fingerprint density at radius 3 is 0.789 bits per heavy atom. The number of benzene rings is 5. The minimum absolute atomic E-state index is 0.691. The number of hydrogen-bond donors (Lipinski definition) is 1. The Hall–Kier alpha value is -6.29. The maximum absolute atomic E-state index is 14.2. The predicted octanol–water partition coefficient (Wildman–Crippen LogP) is 12.7. The lowest BCUT2D eigenvalue weighted by Crippen LogP contribution is -2.75. The summed E-state index contributed by atoms with van der Waals surface area (Å²) in [4.78, 5) is 10.2. The third-order valence-corrected chi connectivity index (χ3v) is 10.5. The molecular formula is C42H21BF24N2OS. The third kappa shape index (κ3) is 13.0. The molecule has 0 fully saturated rings. The lowest BCUT2D eigenvalue weighted by Gasteiger charge is -2.46. The largest absolute Gasteiger partial charge is 0.416 e. The molecule has 1 heterocycles. The van der Waals surface area contributed by atoms with Crippen LogP contribution in [0.4, 0.5) is 105 Å². The van der Waals surface area contributed by atoms with E-state index in [4.69, 9.17) is 4.84 Å². The lowest BCUT2D eigenvalue weighted by molar-refractivity contribution is -0.876. The Morgan fingerprint density at radius 1 is 0.352 bits per heavy atom. The van der Waals surface area contributed by atoms with Gasteiger partial charge in [0.15, 0.2) is 0 Å². The van der Waals surface area contributed by atoms with Crippen LogP contribution < -0.4 is 31.4 Å². The van der Waals surface area contributed by atoms with Gasteiger partial charge in [-0.3, -0.25) is 4.98 Å².